The average molecular weight is 521 g/mol. The van der Waals surface area contributed by atoms with Crippen molar-refractivity contribution in [2.75, 3.05) is 6.61 Å². The monoisotopic (exact) mass is 521 g/mol. The first kappa shape index (κ1) is 17.2. The van der Waals surface area contributed by atoms with Crippen molar-refractivity contribution in [3.63, 3.8) is 0 Å². The highest BCUT2D eigenvalue weighted by Gasteiger charge is 2.07. The topological polar surface area (TPSA) is 58.9 Å². The number of carbonyl (C=O) groups is 1. The van der Waals surface area contributed by atoms with Crippen LogP contribution < -0.4 is 0 Å². The minimum Gasteiger partial charge on any atom is -0.506 e. The third-order valence-corrected chi connectivity index (χ3v) is 4.21. The summed E-state index contributed by atoms with van der Waals surface area (Å²) in [4.78, 5) is 16.0. The molecule has 0 fully saturated rings. The summed E-state index contributed by atoms with van der Waals surface area (Å²) in [7, 11) is 0. The average Bonchev–Trinajstić information content (AvgIpc) is 2.50. The van der Waals surface area contributed by atoms with Gasteiger partial charge in [-0.25, -0.2) is 4.79 Å². The number of nitrogens with zero attached hydrogens (tertiary/aromatic N) is 1. The summed E-state index contributed by atoms with van der Waals surface area (Å²) >= 11 is 4.26. The highest BCUT2D eigenvalue weighted by Crippen LogP contribution is 2.26. The fourth-order valence-corrected chi connectivity index (χ4v) is 3.65. The summed E-state index contributed by atoms with van der Waals surface area (Å²) in [5.74, 6) is -0.169. The molecule has 2 rings (SSSR count). The Labute approximate surface area is 155 Å². The quantitative estimate of drug-likeness (QED) is 0.366. The second kappa shape index (κ2) is 7.91. The molecule has 0 aliphatic heterocycles. The van der Waals surface area contributed by atoms with Gasteiger partial charge in [-0.1, -0.05) is 6.07 Å². The van der Waals surface area contributed by atoms with Crippen molar-refractivity contribution in [1.29, 1.82) is 0 Å². The highest BCUT2D eigenvalue weighted by molar-refractivity contribution is 14.1. The van der Waals surface area contributed by atoms with Crippen LogP contribution in [-0.4, -0.2) is 23.9 Å². The van der Waals surface area contributed by atoms with Gasteiger partial charge in [0.05, 0.1) is 21.4 Å². The number of benzene rings is 2. The molecule has 0 aliphatic carbocycles. The zero-order valence-corrected chi connectivity index (χ0v) is 16.0. The molecule has 0 spiro atoms. The molecule has 0 heterocycles. The van der Waals surface area contributed by atoms with Crippen LogP contribution in [0.3, 0.4) is 0 Å². The SMILES string of the molecule is CCOC(=O)c1cccc(/N=C/c2cc(I)cc(I)c2O)c1. The van der Waals surface area contributed by atoms with E-state index >= 15 is 0 Å². The van der Waals surface area contributed by atoms with Crippen LogP contribution in [-0.2, 0) is 4.74 Å². The van der Waals surface area contributed by atoms with Crippen LogP contribution >= 0.6 is 45.2 Å². The van der Waals surface area contributed by atoms with Gasteiger partial charge < -0.3 is 9.84 Å². The third kappa shape index (κ3) is 4.42. The van der Waals surface area contributed by atoms with Crippen molar-refractivity contribution in [3.8, 4) is 5.75 Å². The molecule has 0 unspecified atom stereocenters. The minimum absolute atomic E-state index is 0.200. The van der Waals surface area contributed by atoms with Gasteiger partial charge in [-0.15, -0.1) is 0 Å². The van der Waals surface area contributed by atoms with E-state index in [4.69, 9.17) is 4.74 Å². The van der Waals surface area contributed by atoms with Crippen LogP contribution in [0.1, 0.15) is 22.8 Å². The smallest absolute Gasteiger partial charge is 0.338 e. The fraction of sp³-hybridized carbons (Fsp3) is 0.125. The number of rotatable bonds is 4. The fourth-order valence-electron chi connectivity index (χ4n) is 1.76. The molecular weight excluding hydrogens is 508 g/mol. The van der Waals surface area contributed by atoms with Gasteiger partial charge in [0.1, 0.15) is 5.75 Å². The molecule has 22 heavy (non-hydrogen) atoms. The normalized spacial score (nSPS) is 10.9. The Kier molecular flexibility index (Phi) is 6.18. The summed E-state index contributed by atoms with van der Waals surface area (Å²) in [6.07, 6.45) is 1.59. The van der Waals surface area contributed by atoms with E-state index in [1.165, 1.54) is 0 Å². The lowest BCUT2D eigenvalue weighted by atomic mass is 10.2. The lowest BCUT2D eigenvalue weighted by Gasteiger charge is -2.04. The van der Waals surface area contributed by atoms with Crippen LogP contribution in [0, 0.1) is 7.14 Å². The molecule has 4 nitrogen and oxygen atoms in total. The Hall–Kier alpha value is -1.16. The number of aliphatic imine (C=N–C) groups is 1. The number of ether oxygens (including phenoxy) is 1. The van der Waals surface area contributed by atoms with E-state index in [0.717, 1.165) is 7.14 Å². The number of halogens is 2. The number of phenolic OH excluding ortho intramolecular Hbond substituents is 1. The molecule has 2 aromatic rings. The predicted octanol–water partition coefficient (Wildman–Crippen LogP) is 4.53. The van der Waals surface area contributed by atoms with Crippen LogP contribution in [0.2, 0.25) is 0 Å². The lowest BCUT2D eigenvalue weighted by Crippen LogP contribution is -2.03. The Bertz CT molecular complexity index is 729. The molecule has 6 heteroatoms. The van der Waals surface area contributed by atoms with Gasteiger partial charge in [-0.2, -0.15) is 0 Å². The molecule has 114 valence electrons. The Morgan fingerprint density at radius 2 is 2.09 bits per heavy atom. The van der Waals surface area contributed by atoms with Crippen LogP contribution in [0.4, 0.5) is 5.69 Å². The number of hydrogen-bond donors (Lipinski definition) is 1. The van der Waals surface area contributed by atoms with E-state index in [1.807, 2.05) is 12.1 Å². The molecule has 2 aromatic carbocycles. The summed E-state index contributed by atoms with van der Waals surface area (Å²) < 4.78 is 6.75. The van der Waals surface area contributed by atoms with Crippen molar-refractivity contribution >= 4 is 63.1 Å². The molecule has 0 radical (unpaired) electrons. The van der Waals surface area contributed by atoms with Gasteiger partial charge in [-0.3, -0.25) is 4.99 Å². The molecule has 0 aromatic heterocycles. The zero-order chi connectivity index (χ0) is 16.1. The maximum Gasteiger partial charge on any atom is 0.338 e. The molecule has 0 atom stereocenters. The van der Waals surface area contributed by atoms with Crippen molar-refractivity contribution in [2.24, 2.45) is 4.99 Å². The zero-order valence-electron chi connectivity index (χ0n) is 11.7. The number of aromatic hydroxyl groups is 1. The van der Waals surface area contributed by atoms with E-state index in [1.54, 1.807) is 37.4 Å². The molecular formula is C16H13I2NO3. The molecule has 0 bridgehead atoms. The second-order valence-electron chi connectivity index (χ2n) is 4.35. The molecule has 0 saturated carbocycles. The van der Waals surface area contributed by atoms with Crippen molar-refractivity contribution < 1.29 is 14.6 Å². The molecule has 0 saturated heterocycles. The summed E-state index contributed by atoms with van der Waals surface area (Å²) in [5.41, 5.74) is 1.72. The van der Waals surface area contributed by atoms with Gasteiger partial charge >= 0.3 is 5.97 Å². The van der Waals surface area contributed by atoms with Gasteiger partial charge in [0, 0.05) is 15.3 Å². The summed E-state index contributed by atoms with van der Waals surface area (Å²) in [6.45, 7) is 2.10. The number of hydrogen-bond acceptors (Lipinski definition) is 4. The minimum atomic E-state index is -0.369. The molecule has 1 N–H and O–H groups in total. The Morgan fingerprint density at radius 1 is 1.32 bits per heavy atom. The van der Waals surface area contributed by atoms with E-state index < -0.39 is 0 Å². The van der Waals surface area contributed by atoms with Gasteiger partial charge in [-0.05, 0) is 82.4 Å². The molecule has 0 aliphatic rings. The van der Waals surface area contributed by atoms with E-state index in [-0.39, 0.29) is 11.7 Å². The predicted molar refractivity (Wildman–Crippen MR) is 103 cm³/mol. The highest BCUT2D eigenvalue weighted by atomic mass is 127. The van der Waals surface area contributed by atoms with Crippen LogP contribution in [0.15, 0.2) is 41.4 Å². The summed E-state index contributed by atoms with van der Waals surface area (Å²) in [6, 6.07) is 10.6. The van der Waals surface area contributed by atoms with E-state index in [9.17, 15) is 9.90 Å². The van der Waals surface area contributed by atoms with Crippen LogP contribution in [0.5, 0.6) is 5.75 Å². The van der Waals surface area contributed by atoms with Crippen molar-refractivity contribution in [3.05, 3.63) is 54.7 Å². The third-order valence-electron chi connectivity index (χ3n) is 2.77. The second-order valence-corrected chi connectivity index (χ2v) is 6.76. The Balaban J connectivity index is 2.27. The van der Waals surface area contributed by atoms with E-state index in [0.29, 0.717) is 23.4 Å². The standard InChI is InChI=1S/C16H13I2NO3/c1-2-22-16(21)10-4-3-5-13(7-10)19-9-11-6-12(17)8-14(18)15(11)20/h3-9,20H,2H2,1H3/b19-9+. The van der Waals surface area contributed by atoms with Crippen molar-refractivity contribution in [1.82, 2.24) is 0 Å². The van der Waals surface area contributed by atoms with Gasteiger partial charge in [0.25, 0.3) is 0 Å². The van der Waals surface area contributed by atoms with Crippen LogP contribution in [0.25, 0.3) is 0 Å². The number of phenols is 1. The number of carbonyl (C=O) groups excluding carboxylic acids is 1. The largest absolute Gasteiger partial charge is 0.506 e. The first-order valence-corrected chi connectivity index (χ1v) is 8.66. The first-order valence-electron chi connectivity index (χ1n) is 6.50. The van der Waals surface area contributed by atoms with E-state index in [2.05, 4.69) is 50.2 Å². The maximum atomic E-state index is 11.7. The first-order chi connectivity index (χ1) is 10.5. The Morgan fingerprint density at radius 3 is 2.82 bits per heavy atom. The van der Waals surface area contributed by atoms with Gasteiger partial charge in [0.15, 0.2) is 0 Å². The van der Waals surface area contributed by atoms with Crippen molar-refractivity contribution in [2.45, 2.75) is 6.92 Å². The summed E-state index contributed by atoms with van der Waals surface area (Å²) in [5, 5.41) is 10.0. The molecule has 0 amide bonds. The lowest BCUT2D eigenvalue weighted by molar-refractivity contribution is 0.0526. The van der Waals surface area contributed by atoms with Gasteiger partial charge in [0.2, 0.25) is 0 Å². The number of esters is 1. The maximum absolute atomic E-state index is 11.7.